The lowest BCUT2D eigenvalue weighted by Crippen LogP contribution is -2.36. The van der Waals surface area contributed by atoms with Gasteiger partial charge in [-0.15, -0.1) is 0 Å². The van der Waals surface area contributed by atoms with Crippen LogP contribution >= 0.6 is 19.6 Å². The molecule has 2 saturated heterocycles. The summed E-state index contributed by atoms with van der Waals surface area (Å²) >= 11 is 1.87. The number of urea groups is 1. The van der Waals surface area contributed by atoms with E-state index in [0.29, 0.717) is 24.6 Å². The average molecular weight is 562 g/mol. The van der Waals surface area contributed by atoms with E-state index in [9.17, 15) is 29.3 Å². The minimum Gasteiger partial charge on any atom is -0.512 e. The van der Waals surface area contributed by atoms with E-state index in [1.807, 2.05) is 11.8 Å². The molecular formula is C23H36N3O9PS. The first kappa shape index (κ1) is 29.5. The first-order valence-electron chi connectivity index (χ1n) is 12.3. The summed E-state index contributed by atoms with van der Waals surface area (Å²) in [5.74, 6) is 0.340. The Morgan fingerprint density at radius 1 is 1.30 bits per heavy atom. The predicted molar refractivity (Wildman–Crippen MR) is 138 cm³/mol. The van der Waals surface area contributed by atoms with Crippen molar-refractivity contribution >= 4 is 31.5 Å². The number of aliphatic hydroxyl groups is 2. The maximum absolute atomic E-state index is 12.0. The second kappa shape index (κ2) is 14.2. The molecule has 1 aliphatic carbocycles. The van der Waals surface area contributed by atoms with Crippen LogP contribution < -0.4 is 16.0 Å². The van der Waals surface area contributed by atoms with E-state index in [1.54, 1.807) is 6.08 Å². The van der Waals surface area contributed by atoms with Gasteiger partial charge in [0.25, 0.3) is 0 Å². The Balaban J connectivity index is 1.15. The smallest absolute Gasteiger partial charge is 0.512 e. The number of fused-ring (bicyclic) bond motifs is 1. The standard InChI is InChI=1S/C23H36N3O9PS/c1-15(27)16-7-8-18(11-16)35-36(31,32)34-13-17(28)12-33-10-4-9-24-21(29)6-3-2-5-20-22-19(14-37-20)25-23(30)26-22/h7-8,11,16-17,19-20,22,27-28H,1-6,9-10,12-14H2,(H,24,29)(H,31,32)(H2,25,26,30). The highest BCUT2D eigenvalue weighted by Crippen LogP contribution is 2.47. The SMILES string of the molecule is C=C(O)C1C=CC(OP(=O)(O)OCC(O)COCCCNC(=O)CCCCC2SCC3NC(=O)NC32)=C1. The summed E-state index contributed by atoms with van der Waals surface area (Å²) in [5.41, 5.74) is 0. The van der Waals surface area contributed by atoms with E-state index in [0.717, 1.165) is 25.0 Å². The minimum atomic E-state index is -4.45. The van der Waals surface area contributed by atoms with E-state index in [4.69, 9.17) is 13.8 Å². The number of ether oxygens (including phenoxy) is 1. The molecule has 0 bridgehead atoms. The van der Waals surface area contributed by atoms with E-state index in [1.165, 1.54) is 12.2 Å². The number of phosphoric ester groups is 1. The summed E-state index contributed by atoms with van der Waals surface area (Å²) in [5, 5.41) is 28.3. The zero-order valence-corrected chi connectivity index (χ0v) is 22.3. The molecule has 2 fully saturated rings. The molecule has 12 nitrogen and oxygen atoms in total. The van der Waals surface area contributed by atoms with Crippen molar-refractivity contribution in [2.45, 2.75) is 55.5 Å². The molecule has 3 aliphatic rings. The Kier molecular flexibility index (Phi) is 11.4. The molecule has 6 unspecified atom stereocenters. The highest BCUT2D eigenvalue weighted by Gasteiger charge is 2.42. The number of carbonyl (C=O) groups is 2. The molecule has 0 radical (unpaired) electrons. The van der Waals surface area contributed by atoms with E-state index < -0.39 is 26.5 Å². The molecule has 208 valence electrons. The summed E-state index contributed by atoms with van der Waals surface area (Å²) in [6.45, 7) is 3.53. The summed E-state index contributed by atoms with van der Waals surface area (Å²) in [6, 6.07) is 0.312. The molecule has 6 N–H and O–H groups in total. The second-order valence-electron chi connectivity index (χ2n) is 9.10. The van der Waals surface area contributed by atoms with Crippen LogP contribution in [0.1, 0.15) is 32.1 Å². The van der Waals surface area contributed by atoms with Crippen LogP contribution in [0.5, 0.6) is 0 Å². The van der Waals surface area contributed by atoms with Gasteiger partial charge in [-0.05, 0) is 31.4 Å². The monoisotopic (exact) mass is 561 g/mol. The summed E-state index contributed by atoms with van der Waals surface area (Å²) in [4.78, 5) is 33.2. The molecule has 2 aliphatic heterocycles. The Labute approximate surface area is 220 Å². The number of hydrogen-bond donors (Lipinski definition) is 6. The van der Waals surface area contributed by atoms with Gasteiger partial charge in [-0.3, -0.25) is 14.2 Å². The van der Waals surface area contributed by atoms with E-state index >= 15 is 0 Å². The zero-order valence-electron chi connectivity index (χ0n) is 20.5. The van der Waals surface area contributed by atoms with Gasteiger partial charge in [-0.1, -0.05) is 19.1 Å². The maximum Gasteiger partial charge on any atom is 0.527 e. The largest absolute Gasteiger partial charge is 0.527 e. The van der Waals surface area contributed by atoms with Crippen LogP contribution in [0.3, 0.4) is 0 Å². The number of nitrogens with one attached hydrogen (secondary N) is 3. The van der Waals surface area contributed by atoms with Gasteiger partial charge in [0.2, 0.25) is 5.91 Å². The van der Waals surface area contributed by atoms with Crippen LogP contribution in [0.15, 0.2) is 36.3 Å². The molecule has 14 heteroatoms. The van der Waals surface area contributed by atoms with Crippen molar-refractivity contribution in [3.05, 3.63) is 36.3 Å². The number of phosphoric acid groups is 1. The fraction of sp³-hybridized carbons (Fsp3) is 0.652. The number of carbonyl (C=O) groups excluding carboxylic acids is 2. The topological polar surface area (TPSA) is 176 Å². The molecule has 0 aromatic carbocycles. The Morgan fingerprint density at radius 2 is 2.11 bits per heavy atom. The number of amides is 3. The normalized spacial score (nSPS) is 26.5. The summed E-state index contributed by atoms with van der Waals surface area (Å²) in [7, 11) is -4.45. The van der Waals surface area contributed by atoms with Crippen molar-refractivity contribution in [2.75, 3.05) is 32.1 Å². The predicted octanol–water partition coefficient (Wildman–Crippen LogP) is 1.87. The third kappa shape index (κ3) is 9.99. The first-order valence-corrected chi connectivity index (χ1v) is 14.8. The van der Waals surface area contributed by atoms with Crippen LogP contribution in [-0.4, -0.2) is 82.6 Å². The van der Waals surface area contributed by atoms with Gasteiger partial charge < -0.3 is 35.4 Å². The first-order chi connectivity index (χ1) is 17.6. The number of unbranched alkanes of at least 4 members (excludes halogenated alkanes) is 1. The minimum absolute atomic E-state index is 0.0261. The summed E-state index contributed by atoms with van der Waals surface area (Å²) < 4.78 is 27.0. The van der Waals surface area contributed by atoms with E-state index in [-0.39, 0.29) is 48.8 Å². The van der Waals surface area contributed by atoms with Crippen molar-refractivity contribution in [3.63, 3.8) is 0 Å². The van der Waals surface area contributed by atoms with Crippen molar-refractivity contribution in [3.8, 4) is 0 Å². The lowest BCUT2D eigenvalue weighted by molar-refractivity contribution is -0.121. The highest BCUT2D eigenvalue weighted by molar-refractivity contribution is 8.00. The van der Waals surface area contributed by atoms with Crippen molar-refractivity contribution in [2.24, 2.45) is 5.92 Å². The Bertz CT molecular complexity index is 931. The molecule has 2 heterocycles. The van der Waals surface area contributed by atoms with Gasteiger partial charge in [-0.25, -0.2) is 9.36 Å². The number of hydrogen-bond acceptors (Lipinski definition) is 9. The molecule has 37 heavy (non-hydrogen) atoms. The van der Waals surface area contributed by atoms with Crippen LogP contribution in [0.2, 0.25) is 0 Å². The van der Waals surface area contributed by atoms with Gasteiger partial charge in [0, 0.05) is 30.6 Å². The number of thioether (sulfide) groups is 1. The third-order valence-electron chi connectivity index (χ3n) is 6.03. The van der Waals surface area contributed by atoms with Crippen LogP contribution in [0.4, 0.5) is 4.79 Å². The van der Waals surface area contributed by atoms with Gasteiger partial charge in [0.15, 0.2) is 0 Å². The Hall–Kier alpha value is -2.02. The average Bonchev–Trinajstić information content (AvgIpc) is 3.54. The van der Waals surface area contributed by atoms with Crippen LogP contribution in [0.25, 0.3) is 0 Å². The van der Waals surface area contributed by atoms with Gasteiger partial charge in [0.1, 0.15) is 11.9 Å². The lowest BCUT2D eigenvalue weighted by Gasteiger charge is -2.16. The second-order valence-corrected chi connectivity index (χ2v) is 11.8. The number of aliphatic hydroxyl groups excluding tert-OH is 2. The summed E-state index contributed by atoms with van der Waals surface area (Å²) in [6.07, 6.45) is 6.89. The van der Waals surface area contributed by atoms with Gasteiger partial charge >= 0.3 is 13.9 Å². The van der Waals surface area contributed by atoms with Crippen molar-refractivity contribution in [1.82, 2.24) is 16.0 Å². The van der Waals surface area contributed by atoms with Crippen LogP contribution in [0, 0.1) is 5.92 Å². The van der Waals surface area contributed by atoms with Crippen LogP contribution in [-0.2, 0) is 23.1 Å². The van der Waals surface area contributed by atoms with Crippen molar-refractivity contribution < 1.29 is 43.0 Å². The van der Waals surface area contributed by atoms with E-state index in [2.05, 4.69) is 22.5 Å². The Morgan fingerprint density at radius 3 is 2.86 bits per heavy atom. The molecular weight excluding hydrogens is 525 g/mol. The molecule has 3 rings (SSSR count). The maximum atomic E-state index is 12.0. The fourth-order valence-electron chi connectivity index (χ4n) is 4.13. The lowest BCUT2D eigenvalue weighted by atomic mass is 10.0. The quantitative estimate of drug-likeness (QED) is 0.0665. The van der Waals surface area contributed by atoms with Crippen molar-refractivity contribution in [1.29, 1.82) is 0 Å². The number of rotatable bonds is 17. The molecule has 6 atom stereocenters. The zero-order chi connectivity index (χ0) is 26.8. The third-order valence-corrected chi connectivity index (χ3v) is 8.45. The molecule has 3 amide bonds. The number of allylic oxidation sites excluding steroid dienone is 2. The molecule has 0 saturated carbocycles. The van der Waals surface area contributed by atoms with Gasteiger partial charge in [-0.2, -0.15) is 11.8 Å². The molecule has 0 aromatic heterocycles. The van der Waals surface area contributed by atoms with Gasteiger partial charge in [0.05, 0.1) is 37.0 Å². The fourth-order valence-corrected chi connectivity index (χ4v) is 6.47. The highest BCUT2D eigenvalue weighted by atomic mass is 32.2. The molecule has 0 spiro atoms. The molecule has 0 aromatic rings.